The van der Waals surface area contributed by atoms with Gasteiger partial charge < -0.3 is 5.32 Å². The van der Waals surface area contributed by atoms with Gasteiger partial charge in [0.25, 0.3) is 0 Å². The van der Waals surface area contributed by atoms with Crippen LogP contribution in [0.25, 0.3) is 22.3 Å². The van der Waals surface area contributed by atoms with Crippen molar-refractivity contribution in [3.05, 3.63) is 41.1 Å². The third-order valence-electron chi connectivity index (χ3n) is 4.67. The molecule has 1 aromatic carbocycles. The summed E-state index contributed by atoms with van der Waals surface area (Å²) in [5.74, 6) is 1.76. The van der Waals surface area contributed by atoms with Crippen LogP contribution in [-0.4, -0.2) is 40.0 Å². The van der Waals surface area contributed by atoms with Crippen molar-refractivity contribution >= 4 is 28.1 Å². The molecule has 1 fully saturated rings. The molecule has 1 atom stereocenters. The number of likely N-dealkylation sites (tertiary alicyclic amines) is 1. The van der Waals surface area contributed by atoms with E-state index >= 15 is 0 Å². The second-order valence-electron chi connectivity index (χ2n) is 6.64. The van der Waals surface area contributed by atoms with Crippen molar-refractivity contribution in [2.75, 3.05) is 18.4 Å². The van der Waals surface area contributed by atoms with Crippen LogP contribution < -0.4 is 5.32 Å². The molecule has 0 spiro atoms. The molecule has 0 bridgehead atoms. The van der Waals surface area contributed by atoms with E-state index in [9.17, 15) is 0 Å². The Labute approximate surface area is 146 Å². The van der Waals surface area contributed by atoms with Crippen LogP contribution in [-0.2, 0) is 0 Å². The molecule has 1 aliphatic heterocycles. The predicted molar refractivity (Wildman–Crippen MR) is 102 cm³/mol. The number of fused-ring (bicyclic) bond motifs is 1. The summed E-state index contributed by atoms with van der Waals surface area (Å²) in [6.45, 7) is 6.74. The van der Waals surface area contributed by atoms with Gasteiger partial charge in [0.05, 0.1) is 5.52 Å². The van der Waals surface area contributed by atoms with Gasteiger partial charge in [0.2, 0.25) is 0 Å². The topological polar surface area (TPSA) is 41.0 Å². The Kier molecular flexibility index (Phi) is 4.21. The van der Waals surface area contributed by atoms with E-state index in [2.05, 4.69) is 59.1 Å². The van der Waals surface area contributed by atoms with Gasteiger partial charge in [0.15, 0.2) is 5.82 Å². The predicted octanol–water partition coefficient (Wildman–Crippen LogP) is 4.25. The Bertz CT molecular complexity index is 829. The van der Waals surface area contributed by atoms with Crippen LogP contribution in [0.1, 0.15) is 20.3 Å². The van der Waals surface area contributed by atoms with Crippen molar-refractivity contribution < 1.29 is 0 Å². The molecule has 2 aromatic heterocycles. The van der Waals surface area contributed by atoms with Crippen molar-refractivity contribution in [2.45, 2.75) is 32.4 Å². The molecule has 0 aliphatic carbocycles. The second-order valence-corrected chi connectivity index (χ2v) is 7.42. The number of benzene rings is 1. The minimum absolute atomic E-state index is 0.445. The average molecular weight is 338 g/mol. The van der Waals surface area contributed by atoms with Gasteiger partial charge in [-0.05, 0) is 43.8 Å². The first-order valence-corrected chi connectivity index (χ1v) is 9.45. The monoisotopic (exact) mass is 338 g/mol. The van der Waals surface area contributed by atoms with E-state index in [1.54, 1.807) is 11.3 Å². The number of hydrogen-bond donors (Lipinski definition) is 1. The van der Waals surface area contributed by atoms with Crippen LogP contribution in [0.5, 0.6) is 0 Å². The molecule has 0 radical (unpaired) electrons. The molecular formula is C19H22N4S. The van der Waals surface area contributed by atoms with Gasteiger partial charge in [-0.1, -0.05) is 12.1 Å². The molecule has 4 rings (SSSR count). The number of nitrogens with zero attached hydrogens (tertiary/aromatic N) is 3. The summed E-state index contributed by atoms with van der Waals surface area (Å²) in [7, 11) is 0. The van der Waals surface area contributed by atoms with Crippen molar-refractivity contribution in [1.29, 1.82) is 0 Å². The normalized spacial score (nSPS) is 18.5. The summed E-state index contributed by atoms with van der Waals surface area (Å²) in [4.78, 5) is 12.1. The van der Waals surface area contributed by atoms with Gasteiger partial charge in [-0.2, -0.15) is 11.3 Å². The third kappa shape index (κ3) is 3.01. The number of hydrogen-bond acceptors (Lipinski definition) is 5. The lowest BCUT2D eigenvalue weighted by Gasteiger charge is -2.21. The molecule has 3 heterocycles. The largest absolute Gasteiger partial charge is 0.365 e. The van der Waals surface area contributed by atoms with Crippen LogP contribution in [0.15, 0.2) is 41.1 Å². The maximum Gasteiger partial charge on any atom is 0.162 e. The maximum atomic E-state index is 4.84. The number of nitrogens with one attached hydrogen (secondary N) is 1. The zero-order chi connectivity index (χ0) is 16.5. The maximum absolute atomic E-state index is 4.84. The van der Waals surface area contributed by atoms with Crippen molar-refractivity contribution in [3.63, 3.8) is 0 Å². The quantitative estimate of drug-likeness (QED) is 0.772. The fourth-order valence-corrected chi connectivity index (χ4v) is 3.91. The molecule has 1 N–H and O–H groups in total. The molecule has 124 valence electrons. The average Bonchev–Trinajstić information content (AvgIpc) is 3.26. The summed E-state index contributed by atoms with van der Waals surface area (Å²) in [6.07, 6.45) is 1.16. The first-order valence-electron chi connectivity index (χ1n) is 8.50. The van der Waals surface area contributed by atoms with Crippen molar-refractivity contribution in [2.24, 2.45) is 0 Å². The lowest BCUT2D eigenvalue weighted by atomic mass is 10.2. The zero-order valence-corrected chi connectivity index (χ0v) is 14.9. The Morgan fingerprint density at radius 2 is 2.08 bits per heavy atom. The highest BCUT2D eigenvalue weighted by Crippen LogP contribution is 2.27. The van der Waals surface area contributed by atoms with Gasteiger partial charge in [-0.3, -0.25) is 4.90 Å². The minimum atomic E-state index is 0.445. The Morgan fingerprint density at radius 3 is 2.83 bits per heavy atom. The molecular weight excluding hydrogens is 316 g/mol. The highest BCUT2D eigenvalue weighted by Gasteiger charge is 2.25. The zero-order valence-electron chi connectivity index (χ0n) is 14.1. The van der Waals surface area contributed by atoms with E-state index < -0.39 is 0 Å². The van der Waals surface area contributed by atoms with E-state index in [0.29, 0.717) is 12.1 Å². The number of thiophene rings is 1. The number of aromatic nitrogens is 2. The van der Waals surface area contributed by atoms with Crippen LogP contribution >= 0.6 is 11.3 Å². The van der Waals surface area contributed by atoms with Crippen LogP contribution in [0.3, 0.4) is 0 Å². The van der Waals surface area contributed by atoms with Crippen LogP contribution in [0.4, 0.5) is 5.82 Å². The number of anilines is 1. The van der Waals surface area contributed by atoms with Gasteiger partial charge >= 0.3 is 0 Å². The third-order valence-corrected chi connectivity index (χ3v) is 5.36. The van der Waals surface area contributed by atoms with Gasteiger partial charge in [-0.15, -0.1) is 0 Å². The highest BCUT2D eigenvalue weighted by molar-refractivity contribution is 7.08. The molecule has 24 heavy (non-hydrogen) atoms. The molecule has 4 nitrogen and oxygen atoms in total. The van der Waals surface area contributed by atoms with E-state index in [0.717, 1.165) is 47.6 Å². The van der Waals surface area contributed by atoms with E-state index in [1.807, 2.05) is 6.07 Å². The smallest absolute Gasteiger partial charge is 0.162 e. The molecule has 0 saturated carbocycles. The SMILES string of the molecule is CC(C)N1CC[C@H](Nc2nc(-c3ccsc3)nc3ccccc23)C1. The highest BCUT2D eigenvalue weighted by atomic mass is 32.1. The first kappa shape index (κ1) is 15.5. The lowest BCUT2D eigenvalue weighted by Crippen LogP contribution is -2.31. The standard InChI is InChI=1S/C19H22N4S/c1-13(2)23-9-7-15(11-23)20-19-16-5-3-4-6-17(16)21-18(22-19)14-8-10-24-12-14/h3-6,8,10,12-13,15H,7,9,11H2,1-2H3,(H,20,21,22)/t15-/m0/s1. The molecule has 5 heteroatoms. The van der Waals surface area contributed by atoms with Gasteiger partial charge in [0, 0.05) is 41.5 Å². The van der Waals surface area contributed by atoms with Crippen LogP contribution in [0.2, 0.25) is 0 Å². The van der Waals surface area contributed by atoms with E-state index in [1.165, 1.54) is 0 Å². The fourth-order valence-electron chi connectivity index (χ4n) is 3.27. The van der Waals surface area contributed by atoms with Crippen molar-refractivity contribution in [3.8, 4) is 11.4 Å². The summed E-state index contributed by atoms with van der Waals surface area (Å²) < 4.78 is 0. The second kappa shape index (κ2) is 6.49. The van der Waals surface area contributed by atoms with Crippen molar-refractivity contribution in [1.82, 2.24) is 14.9 Å². The van der Waals surface area contributed by atoms with E-state index in [4.69, 9.17) is 9.97 Å². The van der Waals surface area contributed by atoms with E-state index in [-0.39, 0.29) is 0 Å². The van der Waals surface area contributed by atoms with Gasteiger partial charge in [-0.25, -0.2) is 9.97 Å². The minimum Gasteiger partial charge on any atom is -0.365 e. The molecule has 1 aliphatic rings. The summed E-state index contributed by atoms with van der Waals surface area (Å²) in [5.41, 5.74) is 2.08. The summed E-state index contributed by atoms with van der Waals surface area (Å²) in [6, 6.07) is 11.4. The summed E-state index contributed by atoms with van der Waals surface area (Å²) in [5, 5.41) is 8.95. The number of rotatable bonds is 4. The van der Waals surface area contributed by atoms with Gasteiger partial charge in [0.1, 0.15) is 5.82 Å². The summed E-state index contributed by atoms with van der Waals surface area (Å²) >= 11 is 1.67. The molecule has 3 aromatic rings. The number of para-hydroxylation sites is 1. The van der Waals surface area contributed by atoms with Crippen LogP contribution in [0, 0.1) is 0 Å². The Hall–Kier alpha value is -1.98. The Morgan fingerprint density at radius 1 is 1.21 bits per heavy atom. The first-order chi connectivity index (χ1) is 11.7. The fraction of sp³-hybridized carbons (Fsp3) is 0.368. The Balaban J connectivity index is 1.69. The molecule has 1 saturated heterocycles. The molecule has 0 unspecified atom stereocenters. The lowest BCUT2D eigenvalue weighted by molar-refractivity contribution is 0.274. The molecule has 0 amide bonds.